The molecule has 0 bridgehead atoms. The predicted octanol–water partition coefficient (Wildman–Crippen LogP) is 3.38. The summed E-state index contributed by atoms with van der Waals surface area (Å²) < 4.78 is 5.06. The predicted molar refractivity (Wildman–Crippen MR) is 108 cm³/mol. The summed E-state index contributed by atoms with van der Waals surface area (Å²) >= 11 is 0. The normalized spacial score (nSPS) is 10.5. The molecule has 148 valence electrons. The Morgan fingerprint density at radius 3 is 2.04 bits per heavy atom. The number of ether oxygens (including phenoxy) is 1. The minimum Gasteiger partial charge on any atom is -0.452 e. The largest absolute Gasteiger partial charge is 0.452 e. The van der Waals surface area contributed by atoms with E-state index in [-0.39, 0.29) is 12.5 Å². The molecule has 0 spiro atoms. The maximum absolute atomic E-state index is 12.1. The van der Waals surface area contributed by atoms with Crippen molar-refractivity contribution >= 4 is 23.5 Å². The standard InChI is InChI=1S/C22H26N2O4/c1-15(2)13-16-5-7-18(8-6-16)22(27)28-14-20(25)23-19-11-9-17(10-12-19)21(26)24(3)4/h5-12,15H,13-14H2,1-4H3,(H,23,25). The number of amides is 2. The van der Waals surface area contributed by atoms with Gasteiger partial charge in [0.2, 0.25) is 0 Å². The summed E-state index contributed by atoms with van der Waals surface area (Å²) in [6.07, 6.45) is 0.941. The second-order valence-corrected chi connectivity index (χ2v) is 7.20. The van der Waals surface area contributed by atoms with Crippen molar-refractivity contribution in [1.82, 2.24) is 4.90 Å². The van der Waals surface area contributed by atoms with E-state index >= 15 is 0 Å². The van der Waals surface area contributed by atoms with E-state index in [2.05, 4.69) is 19.2 Å². The number of benzene rings is 2. The SMILES string of the molecule is CC(C)Cc1ccc(C(=O)OCC(=O)Nc2ccc(C(=O)N(C)C)cc2)cc1. The van der Waals surface area contributed by atoms with Crippen molar-refractivity contribution in [3.8, 4) is 0 Å². The molecule has 0 aliphatic heterocycles. The molecule has 0 radical (unpaired) electrons. The van der Waals surface area contributed by atoms with Crippen LogP contribution in [0.25, 0.3) is 0 Å². The monoisotopic (exact) mass is 382 g/mol. The van der Waals surface area contributed by atoms with Crippen LogP contribution in [0.5, 0.6) is 0 Å². The number of esters is 1. The van der Waals surface area contributed by atoms with Crippen molar-refractivity contribution < 1.29 is 19.1 Å². The Bertz CT molecular complexity index is 825. The average Bonchev–Trinajstić information content (AvgIpc) is 2.66. The number of hydrogen-bond donors (Lipinski definition) is 1. The molecular weight excluding hydrogens is 356 g/mol. The Morgan fingerprint density at radius 1 is 0.929 bits per heavy atom. The molecule has 0 heterocycles. The van der Waals surface area contributed by atoms with Gasteiger partial charge in [-0.25, -0.2) is 4.79 Å². The van der Waals surface area contributed by atoms with Gasteiger partial charge in [0.05, 0.1) is 5.56 Å². The van der Waals surface area contributed by atoms with Crippen LogP contribution < -0.4 is 5.32 Å². The van der Waals surface area contributed by atoms with Crippen molar-refractivity contribution in [2.75, 3.05) is 26.0 Å². The van der Waals surface area contributed by atoms with Crippen molar-refractivity contribution in [3.63, 3.8) is 0 Å². The molecule has 2 rings (SSSR count). The van der Waals surface area contributed by atoms with Crippen molar-refractivity contribution in [2.45, 2.75) is 20.3 Å². The molecule has 0 saturated heterocycles. The third-order valence-electron chi connectivity index (χ3n) is 3.99. The summed E-state index contributed by atoms with van der Waals surface area (Å²) in [5, 5.41) is 2.63. The van der Waals surface area contributed by atoms with Crippen LogP contribution in [-0.2, 0) is 16.0 Å². The van der Waals surface area contributed by atoms with Gasteiger partial charge >= 0.3 is 5.97 Å². The number of hydrogen-bond acceptors (Lipinski definition) is 4. The van der Waals surface area contributed by atoms with Crippen LogP contribution in [0.2, 0.25) is 0 Å². The third kappa shape index (κ3) is 6.23. The Hall–Kier alpha value is -3.15. The zero-order chi connectivity index (χ0) is 20.7. The molecule has 0 atom stereocenters. The zero-order valence-electron chi connectivity index (χ0n) is 16.7. The fourth-order valence-corrected chi connectivity index (χ4v) is 2.61. The van der Waals surface area contributed by atoms with Crippen molar-refractivity contribution in [1.29, 1.82) is 0 Å². The fourth-order valence-electron chi connectivity index (χ4n) is 2.61. The van der Waals surface area contributed by atoms with E-state index in [9.17, 15) is 14.4 Å². The molecule has 0 unspecified atom stereocenters. The molecule has 28 heavy (non-hydrogen) atoms. The molecule has 2 aromatic carbocycles. The Balaban J connectivity index is 1.84. The van der Waals surface area contributed by atoms with E-state index in [1.165, 1.54) is 4.90 Å². The smallest absolute Gasteiger partial charge is 0.338 e. The first kappa shape index (κ1) is 21.2. The number of nitrogens with zero attached hydrogens (tertiary/aromatic N) is 1. The Kier molecular flexibility index (Phi) is 7.32. The first-order valence-electron chi connectivity index (χ1n) is 9.14. The minimum absolute atomic E-state index is 0.119. The van der Waals surface area contributed by atoms with Gasteiger partial charge < -0.3 is 15.0 Å². The average molecular weight is 382 g/mol. The Labute approximate surface area is 165 Å². The molecule has 6 nitrogen and oxygen atoms in total. The van der Waals surface area contributed by atoms with Gasteiger partial charge in [0.25, 0.3) is 11.8 Å². The molecule has 2 aromatic rings. The van der Waals surface area contributed by atoms with E-state index in [0.717, 1.165) is 12.0 Å². The highest BCUT2D eigenvalue weighted by molar-refractivity contribution is 5.97. The second kappa shape index (κ2) is 9.69. The van der Waals surface area contributed by atoms with Gasteiger partial charge in [-0.15, -0.1) is 0 Å². The highest BCUT2D eigenvalue weighted by atomic mass is 16.5. The topological polar surface area (TPSA) is 75.7 Å². The van der Waals surface area contributed by atoms with Crippen LogP contribution in [0.15, 0.2) is 48.5 Å². The Morgan fingerprint density at radius 2 is 1.50 bits per heavy atom. The molecule has 0 fully saturated rings. The molecule has 0 saturated carbocycles. The first-order chi connectivity index (χ1) is 13.3. The molecule has 0 aromatic heterocycles. The fraction of sp³-hybridized carbons (Fsp3) is 0.318. The third-order valence-corrected chi connectivity index (χ3v) is 3.99. The summed E-state index contributed by atoms with van der Waals surface area (Å²) in [4.78, 5) is 37.4. The molecule has 6 heteroatoms. The number of carbonyl (C=O) groups excluding carboxylic acids is 3. The molecule has 0 aliphatic rings. The summed E-state index contributed by atoms with van der Waals surface area (Å²) in [6.45, 7) is 3.88. The lowest BCUT2D eigenvalue weighted by Crippen LogP contribution is -2.22. The zero-order valence-corrected chi connectivity index (χ0v) is 16.7. The van der Waals surface area contributed by atoms with Crippen LogP contribution >= 0.6 is 0 Å². The van der Waals surface area contributed by atoms with E-state index in [1.807, 2.05) is 12.1 Å². The minimum atomic E-state index is -0.543. The van der Waals surface area contributed by atoms with Crippen LogP contribution in [-0.4, -0.2) is 43.4 Å². The van der Waals surface area contributed by atoms with Gasteiger partial charge in [0.15, 0.2) is 6.61 Å². The van der Waals surface area contributed by atoms with Crippen LogP contribution in [0, 0.1) is 5.92 Å². The van der Waals surface area contributed by atoms with E-state index in [0.29, 0.717) is 22.7 Å². The highest BCUT2D eigenvalue weighted by Gasteiger charge is 2.12. The van der Waals surface area contributed by atoms with Crippen LogP contribution in [0.1, 0.15) is 40.1 Å². The summed E-state index contributed by atoms with van der Waals surface area (Å²) in [7, 11) is 3.34. The van der Waals surface area contributed by atoms with Gasteiger partial charge in [-0.2, -0.15) is 0 Å². The second-order valence-electron chi connectivity index (χ2n) is 7.20. The summed E-state index contributed by atoms with van der Waals surface area (Å²) in [5.41, 5.74) is 2.61. The number of carbonyl (C=O) groups is 3. The molecule has 1 N–H and O–H groups in total. The van der Waals surface area contributed by atoms with Gasteiger partial charge in [0, 0.05) is 25.3 Å². The summed E-state index contributed by atoms with van der Waals surface area (Å²) in [5.74, 6) is -0.572. The maximum atomic E-state index is 12.1. The van der Waals surface area contributed by atoms with E-state index < -0.39 is 11.9 Å². The van der Waals surface area contributed by atoms with E-state index in [1.54, 1.807) is 50.5 Å². The van der Waals surface area contributed by atoms with Crippen molar-refractivity contribution in [3.05, 3.63) is 65.2 Å². The van der Waals surface area contributed by atoms with Gasteiger partial charge in [-0.05, 0) is 54.3 Å². The van der Waals surface area contributed by atoms with Crippen LogP contribution in [0.4, 0.5) is 5.69 Å². The number of nitrogens with one attached hydrogen (secondary N) is 1. The highest BCUT2D eigenvalue weighted by Crippen LogP contribution is 2.12. The maximum Gasteiger partial charge on any atom is 0.338 e. The van der Waals surface area contributed by atoms with E-state index in [4.69, 9.17) is 4.74 Å². The number of rotatable bonds is 7. The quantitative estimate of drug-likeness (QED) is 0.745. The first-order valence-corrected chi connectivity index (χ1v) is 9.14. The molecular formula is C22H26N2O4. The number of anilines is 1. The molecule has 0 aliphatic carbocycles. The van der Waals surface area contributed by atoms with Gasteiger partial charge in [0.1, 0.15) is 0 Å². The lowest BCUT2D eigenvalue weighted by molar-refractivity contribution is -0.119. The lowest BCUT2D eigenvalue weighted by Gasteiger charge is -2.11. The van der Waals surface area contributed by atoms with Crippen LogP contribution in [0.3, 0.4) is 0 Å². The lowest BCUT2D eigenvalue weighted by atomic mass is 10.0. The van der Waals surface area contributed by atoms with Gasteiger partial charge in [-0.1, -0.05) is 26.0 Å². The van der Waals surface area contributed by atoms with Gasteiger partial charge in [-0.3, -0.25) is 9.59 Å². The molecule has 2 amide bonds. The van der Waals surface area contributed by atoms with Crippen molar-refractivity contribution in [2.24, 2.45) is 5.92 Å². The summed E-state index contributed by atoms with van der Waals surface area (Å²) in [6, 6.07) is 13.7.